The maximum atomic E-state index is 13.2. The number of hydrogen-bond donors (Lipinski definition) is 1. The van der Waals surface area contributed by atoms with Crippen molar-refractivity contribution in [1.82, 2.24) is 4.90 Å². The second-order valence-electron chi connectivity index (χ2n) is 8.93. The van der Waals surface area contributed by atoms with Gasteiger partial charge in [0.05, 0.1) is 30.6 Å². The Labute approximate surface area is 152 Å². The summed E-state index contributed by atoms with van der Waals surface area (Å²) in [5.74, 6) is 0.769. The van der Waals surface area contributed by atoms with Crippen LogP contribution in [-0.2, 0) is 14.9 Å². The highest BCUT2D eigenvalue weighted by Crippen LogP contribution is 2.68. The van der Waals surface area contributed by atoms with Crippen LogP contribution in [0.1, 0.15) is 24.8 Å². The second kappa shape index (κ2) is 4.24. The molecule has 4 fully saturated rings. The van der Waals surface area contributed by atoms with Crippen LogP contribution in [0.4, 0.5) is 5.69 Å². The van der Waals surface area contributed by atoms with Gasteiger partial charge >= 0.3 is 0 Å². The third kappa shape index (κ3) is 1.27. The molecule has 1 unspecified atom stereocenters. The molecule has 5 nitrogen and oxygen atoms in total. The van der Waals surface area contributed by atoms with Crippen LogP contribution in [0.25, 0.3) is 0 Å². The number of carbonyl (C=O) groups is 1. The summed E-state index contributed by atoms with van der Waals surface area (Å²) in [5.41, 5.74) is 2.40. The molecule has 6 atom stereocenters. The maximum absolute atomic E-state index is 13.2. The van der Waals surface area contributed by atoms with E-state index in [4.69, 9.17) is 4.74 Å². The van der Waals surface area contributed by atoms with Gasteiger partial charge in [-0.1, -0.05) is 29.8 Å². The van der Waals surface area contributed by atoms with Gasteiger partial charge in [0.1, 0.15) is 5.72 Å². The van der Waals surface area contributed by atoms with Crippen molar-refractivity contribution < 1.29 is 14.6 Å². The molecule has 5 heterocycles. The minimum Gasteiger partial charge on any atom is -0.375 e. The molecule has 1 N–H and O–H groups in total. The number of hydrogen-bond acceptors (Lipinski definition) is 4. The number of nitrogens with zero attached hydrogens (tertiary/aromatic N) is 2. The van der Waals surface area contributed by atoms with Crippen molar-refractivity contribution in [3.63, 3.8) is 0 Å². The average molecular weight is 350 g/mol. The van der Waals surface area contributed by atoms with Crippen molar-refractivity contribution in [3.05, 3.63) is 41.5 Å². The van der Waals surface area contributed by atoms with Crippen LogP contribution < -0.4 is 4.90 Å². The van der Waals surface area contributed by atoms with E-state index in [2.05, 4.69) is 34.1 Å². The summed E-state index contributed by atoms with van der Waals surface area (Å²) in [6.07, 6.45) is 4.36. The smallest absolute Gasteiger partial charge is 0.229 e. The van der Waals surface area contributed by atoms with E-state index in [1.165, 1.54) is 11.1 Å². The molecule has 1 spiro atoms. The molecule has 26 heavy (non-hydrogen) atoms. The molecule has 0 radical (unpaired) electrons. The number of anilines is 1. The second-order valence-corrected chi connectivity index (χ2v) is 8.93. The first-order chi connectivity index (χ1) is 12.6. The minimum absolute atomic E-state index is 0.0155. The lowest BCUT2D eigenvalue weighted by atomic mass is 9.52. The molecule has 1 aromatic rings. The Balaban J connectivity index is 1.58. The van der Waals surface area contributed by atoms with Crippen molar-refractivity contribution in [1.29, 1.82) is 0 Å². The largest absolute Gasteiger partial charge is 0.375 e. The zero-order valence-electron chi connectivity index (χ0n) is 14.6. The van der Waals surface area contributed by atoms with Crippen LogP contribution in [0, 0.1) is 11.8 Å². The number of carbonyl (C=O) groups excluding carboxylic acids is 1. The molecule has 1 aromatic carbocycles. The predicted molar refractivity (Wildman–Crippen MR) is 94.6 cm³/mol. The number of para-hydroxylation sites is 1. The summed E-state index contributed by atoms with van der Waals surface area (Å²) in [6.45, 7) is 2.34. The normalized spacial score (nSPS) is 47.5. The lowest BCUT2D eigenvalue weighted by Crippen LogP contribution is -2.74. The lowest BCUT2D eigenvalue weighted by molar-refractivity contribution is -0.197. The number of ether oxygens (including phenoxy) is 1. The van der Waals surface area contributed by atoms with Gasteiger partial charge in [-0.3, -0.25) is 9.69 Å². The van der Waals surface area contributed by atoms with Crippen LogP contribution >= 0.6 is 0 Å². The fraction of sp³-hybridized carbons (Fsp3) is 0.571. The molecule has 6 aliphatic rings. The van der Waals surface area contributed by atoms with Gasteiger partial charge in [-0.15, -0.1) is 0 Å². The van der Waals surface area contributed by atoms with Gasteiger partial charge in [0.25, 0.3) is 0 Å². The van der Waals surface area contributed by atoms with Gasteiger partial charge in [0.15, 0.2) is 0 Å². The van der Waals surface area contributed by atoms with Gasteiger partial charge in [-0.05, 0) is 30.4 Å². The highest BCUT2D eigenvalue weighted by molar-refractivity contribution is 5.99. The molecule has 5 heteroatoms. The maximum Gasteiger partial charge on any atom is 0.229 e. The average Bonchev–Trinajstić information content (AvgIpc) is 3.05. The summed E-state index contributed by atoms with van der Waals surface area (Å²) in [4.78, 5) is 17.5. The fourth-order valence-corrected chi connectivity index (χ4v) is 7.53. The summed E-state index contributed by atoms with van der Waals surface area (Å²) in [7, 11) is 0. The lowest BCUT2D eigenvalue weighted by Gasteiger charge is -2.62. The van der Waals surface area contributed by atoms with Crippen LogP contribution in [-0.4, -0.2) is 53.5 Å². The van der Waals surface area contributed by atoms with Crippen LogP contribution in [0.5, 0.6) is 0 Å². The number of aliphatic hydroxyl groups is 1. The number of fused-ring (bicyclic) bond motifs is 2. The summed E-state index contributed by atoms with van der Waals surface area (Å²) < 4.78 is 6.20. The molecule has 5 aliphatic heterocycles. The quantitative estimate of drug-likeness (QED) is 0.719. The number of piperidine rings is 2. The zero-order valence-corrected chi connectivity index (χ0v) is 14.6. The van der Waals surface area contributed by atoms with E-state index in [1.807, 2.05) is 6.07 Å². The SMILES string of the molecule is O=C1CC2OCC=C3CN4CC[C@]56c7ccccc7N1[C@H]5[C@H]2[C@H]3C[C@]46O. The molecule has 3 saturated heterocycles. The summed E-state index contributed by atoms with van der Waals surface area (Å²) in [6, 6.07) is 8.32. The number of rotatable bonds is 0. The topological polar surface area (TPSA) is 53.0 Å². The van der Waals surface area contributed by atoms with Gasteiger partial charge in [0, 0.05) is 24.7 Å². The molecule has 7 rings (SSSR count). The van der Waals surface area contributed by atoms with E-state index in [-0.39, 0.29) is 29.4 Å². The molecule has 1 amide bonds. The molecular weight excluding hydrogens is 328 g/mol. The number of amides is 1. The minimum atomic E-state index is -0.854. The van der Waals surface area contributed by atoms with E-state index in [0.717, 1.165) is 31.6 Å². The third-order valence-corrected chi connectivity index (χ3v) is 8.35. The molecule has 2 bridgehead atoms. The fourth-order valence-electron chi connectivity index (χ4n) is 7.53. The number of benzene rings is 1. The summed E-state index contributed by atoms with van der Waals surface area (Å²) >= 11 is 0. The molecular formula is C21H22N2O3. The third-order valence-electron chi connectivity index (χ3n) is 8.35. The Morgan fingerprint density at radius 1 is 1.27 bits per heavy atom. The molecule has 1 aliphatic carbocycles. The van der Waals surface area contributed by atoms with E-state index >= 15 is 0 Å². The zero-order chi connectivity index (χ0) is 17.3. The van der Waals surface area contributed by atoms with E-state index in [0.29, 0.717) is 18.9 Å². The van der Waals surface area contributed by atoms with Crippen molar-refractivity contribution >= 4 is 11.6 Å². The van der Waals surface area contributed by atoms with Crippen LogP contribution in [0.2, 0.25) is 0 Å². The first-order valence-electron chi connectivity index (χ1n) is 9.85. The Kier molecular flexibility index (Phi) is 2.34. The molecule has 0 aromatic heterocycles. The summed E-state index contributed by atoms with van der Waals surface area (Å²) in [5, 5.41) is 12.1. The van der Waals surface area contributed by atoms with Crippen molar-refractivity contribution in [2.75, 3.05) is 24.6 Å². The Hall–Kier alpha value is -1.69. The van der Waals surface area contributed by atoms with Crippen molar-refractivity contribution in [2.24, 2.45) is 11.8 Å². The van der Waals surface area contributed by atoms with Crippen LogP contribution in [0.3, 0.4) is 0 Å². The van der Waals surface area contributed by atoms with E-state index in [1.54, 1.807) is 0 Å². The van der Waals surface area contributed by atoms with E-state index in [9.17, 15) is 9.90 Å². The van der Waals surface area contributed by atoms with Crippen molar-refractivity contribution in [2.45, 2.75) is 42.5 Å². The predicted octanol–water partition coefficient (Wildman–Crippen LogP) is 1.41. The van der Waals surface area contributed by atoms with Gasteiger partial charge in [-0.25, -0.2) is 0 Å². The Bertz CT molecular complexity index is 897. The highest BCUT2D eigenvalue weighted by atomic mass is 16.5. The molecule has 134 valence electrons. The van der Waals surface area contributed by atoms with Gasteiger partial charge in [0.2, 0.25) is 5.91 Å². The van der Waals surface area contributed by atoms with Gasteiger partial charge < -0.3 is 14.7 Å². The molecule has 1 saturated carbocycles. The van der Waals surface area contributed by atoms with E-state index < -0.39 is 5.72 Å². The van der Waals surface area contributed by atoms with Crippen molar-refractivity contribution in [3.8, 4) is 0 Å². The first kappa shape index (κ1) is 14.4. The monoisotopic (exact) mass is 350 g/mol. The standard InChI is InChI=1S/C21H22N2O3/c24-17-9-16-18-13-10-21(25)20(6-7-22(21)11-12(13)5-8-26-16)14-3-1-2-4-15(14)23(17)19(18)20/h1-5,13,16,18-19,25H,6-11H2/t13-,16?,18-,19-,20-,21+/m0/s1. The first-order valence-corrected chi connectivity index (χ1v) is 9.85. The Morgan fingerprint density at radius 2 is 2.15 bits per heavy atom. The van der Waals surface area contributed by atoms with Crippen LogP contribution in [0.15, 0.2) is 35.9 Å². The van der Waals surface area contributed by atoms with Gasteiger partial charge in [-0.2, -0.15) is 0 Å². The Morgan fingerprint density at radius 3 is 3.08 bits per heavy atom. The highest BCUT2D eigenvalue weighted by Gasteiger charge is 2.76.